The van der Waals surface area contributed by atoms with Crippen molar-refractivity contribution in [2.24, 2.45) is 0 Å². The first kappa shape index (κ1) is 12.4. The van der Waals surface area contributed by atoms with Crippen LogP contribution >= 0.6 is 0 Å². The van der Waals surface area contributed by atoms with Gasteiger partial charge in [-0.05, 0) is 13.8 Å². The molecule has 0 unspecified atom stereocenters. The summed E-state index contributed by atoms with van der Waals surface area (Å²) >= 11 is 0. The number of hydrogen-bond donors (Lipinski definition) is 1. The number of aromatic hydroxyl groups is 1. The van der Waals surface area contributed by atoms with Gasteiger partial charge < -0.3 is 9.52 Å². The van der Waals surface area contributed by atoms with Gasteiger partial charge in [-0.15, -0.1) is 0 Å². The number of carbonyl (C=O) groups is 1. The van der Waals surface area contributed by atoms with E-state index in [0.29, 0.717) is 0 Å². The van der Waals surface area contributed by atoms with Crippen LogP contribution in [0, 0.1) is 6.92 Å². The van der Waals surface area contributed by atoms with Gasteiger partial charge in [-0.1, -0.05) is 0 Å². The Morgan fingerprint density at radius 2 is 2.08 bits per heavy atom. The molecule has 5 heteroatoms. The third-order valence-corrected chi connectivity index (χ3v) is 1.41. The van der Waals surface area contributed by atoms with E-state index in [4.69, 9.17) is 5.11 Å². The van der Waals surface area contributed by atoms with Gasteiger partial charge in [0.25, 0.3) is 0 Å². The van der Waals surface area contributed by atoms with E-state index in [1.54, 1.807) is 0 Å². The van der Waals surface area contributed by atoms with Crippen molar-refractivity contribution in [1.29, 1.82) is 0 Å². The average Bonchev–Trinajstić information content (AvgIpc) is 1.82. The van der Waals surface area contributed by atoms with E-state index in [1.807, 2.05) is 0 Å². The SMILES string of the molecule is CC(=O)c1c(O)cc(C)oc1=O.[Na]. The Hall–Kier alpha value is -0.580. The fraction of sp³-hybridized carbons (Fsp3) is 0.250. The molecular formula is C8H8NaO4. The number of hydrogen-bond acceptors (Lipinski definition) is 4. The van der Waals surface area contributed by atoms with Crippen LogP contribution in [0.25, 0.3) is 0 Å². The summed E-state index contributed by atoms with van der Waals surface area (Å²) in [5.41, 5.74) is -1.08. The van der Waals surface area contributed by atoms with Crippen molar-refractivity contribution in [2.45, 2.75) is 13.8 Å². The quantitative estimate of drug-likeness (QED) is 0.517. The Bertz CT molecular complexity index is 380. The maximum atomic E-state index is 11.0. The van der Waals surface area contributed by atoms with Crippen molar-refractivity contribution in [1.82, 2.24) is 0 Å². The first-order chi connectivity index (χ1) is 5.52. The van der Waals surface area contributed by atoms with Crippen molar-refractivity contribution >= 4 is 35.3 Å². The Labute approximate surface area is 96.9 Å². The van der Waals surface area contributed by atoms with Crippen LogP contribution in [0.2, 0.25) is 0 Å². The second-order valence-corrected chi connectivity index (χ2v) is 2.46. The molecule has 1 heterocycles. The van der Waals surface area contributed by atoms with Crippen LogP contribution in [0.5, 0.6) is 5.75 Å². The summed E-state index contributed by atoms with van der Waals surface area (Å²) in [4.78, 5) is 21.7. The molecule has 1 rings (SSSR count). The van der Waals surface area contributed by atoms with E-state index < -0.39 is 11.4 Å². The maximum Gasteiger partial charge on any atom is 0.350 e. The fourth-order valence-electron chi connectivity index (χ4n) is 0.920. The third-order valence-electron chi connectivity index (χ3n) is 1.41. The third kappa shape index (κ3) is 2.69. The zero-order valence-corrected chi connectivity index (χ0v) is 9.75. The first-order valence-electron chi connectivity index (χ1n) is 3.37. The summed E-state index contributed by atoms with van der Waals surface area (Å²) in [6, 6.07) is 1.23. The van der Waals surface area contributed by atoms with Gasteiger partial charge in [0.15, 0.2) is 5.78 Å². The molecule has 0 aliphatic carbocycles. The minimum atomic E-state index is -0.792. The summed E-state index contributed by atoms with van der Waals surface area (Å²) in [7, 11) is 0. The normalized spacial score (nSPS) is 9.08. The van der Waals surface area contributed by atoms with Gasteiger partial charge in [0.2, 0.25) is 0 Å². The number of Topliss-reactive ketones (excluding diaryl/α,β-unsaturated/α-hetero) is 1. The van der Waals surface area contributed by atoms with Crippen molar-refractivity contribution in [3.63, 3.8) is 0 Å². The van der Waals surface area contributed by atoms with Crippen LogP contribution in [0.4, 0.5) is 0 Å². The molecule has 0 atom stereocenters. The van der Waals surface area contributed by atoms with E-state index in [2.05, 4.69) is 4.42 Å². The van der Waals surface area contributed by atoms with Gasteiger partial charge in [-0.2, -0.15) is 0 Å². The van der Waals surface area contributed by atoms with Gasteiger partial charge in [0, 0.05) is 35.6 Å². The Kier molecular flexibility index (Phi) is 4.39. The smallest absolute Gasteiger partial charge is 0.350 e. The van der Waals surface area contributed by atoms with Crippen molar-refractivity contribution in [3.05, 3.63) is 27.8 Å². The first-order valence-corrected chi connectivity index (χ1v) is 3.37. The van der Waals surface area contributed by atoms with Crippen molar-refractivity contribution < 1.29 is 14.3 Å². The topological polar surface area (TPSA) is 67.5 Å². The van der Waals surface area contributed by atoms with E-state index in [1.165, 1.54) is 19.9 Å². The van der Waals surface area contributed by atoms with E-state index in [9.17, 15) is 9.59 Å². The van der Waals surface area contributed by atoms with Crippen LogP contribution in [0.1, 0.15) is 23.0 Å². The minimum absolute atomic E-state index is 0. The molecule has 0 aromatic carbocycles. The van der Waals surface area contributed by atoms with Gasteiger partial charge in [0.1, 0.15) is 17.1 Å². The van der Waals surface area contributed by atoms with Gasteiger partial charge in [0.05, 0.1) is 0 Å². The number of ketones is 1. The van der Waals surface area contributed by atoms with Gasteiger partial charge >= 0.3 is 5.63 Å². The minimum Gasteiger partial charge on any atom is -0.507 e. The van der Waals surface area contributed by atoms with Crippen LogP contribution in [0.3, 0.4) is 0 Å². The van der Waals surface area contributed by atoms with Crippen molar-refractivity contribution in [2.75, 3.05) is 0 Å². The monoisotopic (exact) mass is 191 g/mol. The molecule has 13 heavy (non-hydrogen) atoms. The molecule has 0 saturated carbocycles. The Morgan fingerprint density at radius 3 is 2.46 bits per heavy atom. The molecular weight excluding hydrogens is 183 g/mol. The number of rotatable bonds is 1. The van der Waals surface area contributed by atoms with Crippen LogP contribution in [0.15, 0.2) is 15.3 Å². The summed E-state index contributed by atoms with van der Waals surface area (Å²) in [5.74, 6) is -0.542. The molecule has 0 aliphatic rings. The van der Waals surface area contributed by atoms with Crippen LogP contribution in [-0.2, 0) is 0 Å². The molecule has 0 saturated heterocycles. The second kappa shape index (κ2) is 4.60. The van der Waals surface area contributed by atoms with Gasteiger partial charge in [-0.25, -0.2) is 4.79 Å². The molecule has 0 aliphatic heterocycles. The molecule has 4 nitrogen and oxygen atoms in total. The number of aryl methyl sites for hydroxylation is 1. The summed E-state index contributed by atoms with van der Waals surface area (Å²) < 4.78 is 4.61. The summed E-state index contributed by atoms with van der Waals surface area (Å²) in [6.07, 6.45) is 0. The summed E-state index contributed by atoms with van der Waals surface area (Å²) in [5, 5.41) is 9.16. The van der Waals surface area contributed by atoms with Gasteiger partial charge in [-0.3, -0.25) is 4.79 Å². The van der Waals surface area contributed by atoms with E-state index in [0.717, 1.165) is 0 Å². The van der Waals surface area contributed by atoms with Crippen molar-refractivity contribution in [3.8, 4) is 5.75 Å². The van der Waals surface area contributed by atoms with Crippen LogP contribution in [-0.4, -0.2) is 40.4 Å². The molecule has 0 amide bonds. The molecule has 1 N–H and O–H groups in total. The second-order valence-electron chi connectivity index (χ2n) is 2.46. The predicted molar refractivity (Wildman–Crippen MR) is 47.1 cm³/mol. The number of carbonyl (C=O) groups excluding carboxylic acids is 1. The molecule has 0 spiro atoms. The molecule has 65 valence electrons. The summed E-state index contributed by atoms with van der Waals surface area (Å²) in [6.45, 7) is 2.71. The van der Waals surface area contributed by atoms with E-state index >= 15 is 0 Å². The predicted octanol–water partition coefficient (Wildman–Crippen LogP) is 0.476. The fourth-order valence-corrected chi connectivity index (χ4v) is 0.920. The largest absolute Gasteiger partial charge is 0.507 e. The average molecular weight is 191 g/mol. The molecule has 1 aromatic rings. The van der Waals surface area contributed by atoms with Crippen LogP contribution < -0.4 is 5.63 Å². The Morgan fingerprint density at radius 1 is 1.54 bits per heavy atom. The van der Waals surface area contributed by atoms with E-state index in [-0.39, 0.29) is 46.6 Å². The molecule has 1 radical (unpaired) electrons. The molecule has 0 bridgehead atoms. The molecule has 1 aromatic heterocycles. The zero-order valence-electron chi connectivity index (χ0n) is 7.75. The maximum absolute atomic E-state index is 11.0. The standard InChI is InChI=1S/C8H8O4.Na/c1-4-3-6(10)7(5(2)9)8(11)12-4;/h3,10H,1-2H3;. The zero-order chi connectivity index (χ0) is 9.30. The molecule has 0 fully saturated rings. The Balaban J connectivity index is 0.00000144.